The SMILES string of the molecule is COc1[nH]c(=O)c(-c2cc(Cl)ccc2F)cc1Nc1ccnc2[nH]ncc12. The summed E-state index contributed by atoms with van der Waals surface area (Å²) in [6.07, 6.45) is 3.24. The number of H-pyrrole nitrogens is 2. The van der Waals surface area contributed by atoms with Crippen molar-refractivity contribution in [3.8, 4) is 17.0 Å². The molecule has 0 fully saturated rings. The fraction of sp³-hybridized carbons (Fsp3) is 0.0556. The number of hydrogen-bond donors (Lipinski definition) is 3. The molecule has 0 amide bonds. The first-order valence-corrected chi connectivity index (χ1v) is 8.26. The van der Waals surface area contributed by atoms with Crippen molar-refractivity contribution in [1.82, 2.24) is 20.2 Å². The number of rotatable bonds is 4. The Morgan fingerprint density at radius 1 is 1.19 bits per heavy atom. The molecule has 0 saturated heterocycles. The predicted octanol–water partition coefficient (Wildman–Crippen LogP) is 3.86. The van der Waals surface area contributed by atoms with Crippen molar-refractivity contribution in [2.24, 2.45) is 0 Å². The quantitative estimate of drug-likeness (QED) is 0.495. The maximum atomic E-state index is 14.3. The predicted molar refractivity (Wildman–Crippen MR) is 101 cm³/mol. The minimum Gasteiger partial charge on any atom is -0.481 e. The summed E-state index contributed by atoms with van der Waals surface area (Å²) in [6, 6.07) is 7.30. The van der Waals surface area contributed by atoms with E-state index in [1.807, 2.05) is 0 Å². The summed E-state index contributed by atoms with van der Waals surface area (Å²) in [5.41, 5.74) is 1.46. The molecule has 3 heterocycles. The molecule has 1 aromatic carbocycles. The van der Waals surface area contributed by atoms with Crippen LogP contribution in [0.1, 0.15) is 0 Å². The minimum atomic E-state index is -0.554. The molecule has 0 atom stereocenters. The zero-order valence-corrected chi connectivity index (χ0v) is 14.8. The summed E-state index contributed by atoms with van der Waals surface area (Å²) in [5.74, 6) is -0.346. The van der Waals surface area contributed by atoms with Crippen molar-refractivity contribution in [2.45, 2.75) is 0 Å². The van der Waals surface area contributed by atoms with Crippen molar-refractivity contribution in [3.63, 3.8) is 0 Å². The molecule has 136 valence electrons. The van der Waals surface area contributed by atoms with Gasteiger partial charge in [0.2, 0.25) is 5.88 Å². The summed E-state index contributed by atoms with van der Waals surface area (Å²) >= 11 is 5.96. The van der Waals surface area contributed by atoms with Gasteiger partial charge < -0.3 is 10.1 Å². The van der Waals surface area contributed by atoms with Gasteiger partial charge in [-0.15, -0.1) is 0 Å². The summed E-state index contributed by atoms with van der Waals surface area (Å²) in [7, 11) is 1.43. The van der Waals surface area contributed by atoms with Crippen LogP contribution in [0.2, 0.25) is 5.02 Å². The third kappa shape index (κ3) is 3.11. The van der Waals surface area contributed by atoms with Gasteiger partial charge in [-0.2, -0.15) is 5.10 Å². The van der Waals surface area contributed by atoms with Gasteiger partial charge in [0.05, 0.1) is 29.9 Å². The van der Waals surface area contributed by atoms with Gasteiger partial charge in [-0.1, -0.05) is 11.6 Å². The average molecular weight is 386 g/mol. The molecule has 0 saturated carbocycles. The van der Waals surface area contributed by atoms with Gasteiger partial charge >= 0.3 is 0 Å². The fourth-order valence-electron chi connectivity index (χ4n) is 2.78. The smallest absolute Gasteiger partial charge is 0.258 e. The molecular weight excluding hydrogens is 373 g/mol. The molecule has 0 spiro atoms. The number of ether oxygens (including phenoxy) is 1. The maximum absolute atomic E-state index is 14.3. The lowest BCUT2D eigenvalue weighted by molar-refractivity contribution is 0.399. The number of pyridine rings is 2. The fourth-order valence-corrected chi connectivity index (χ4v) is 2.95. The second-order valence-corrected chi connectivity index (χ2v) is 6.14. The maximum Gasteiger partial charge on any atom is 0.258 e. The lowest BCUT2D eigenvalue weighted by Gasteiger charge is -2.13. The highest BCUT2D eigenvalue weighted by molar-refractivity contribution is 6.30. The van der Waals surface area contributed by atoms with Crippen LogP contribution >= 0.6 is 11.6 Å². The second-order valence-electron chi connectivity index (χ2n) is 5.70. The van der Waals surface area contributed by atoms with E-state index in [1.54, 1.807) is 18.5 Å². The van der Waals surface area contributed by atoms with E-state index in [0.717, 1.165) is 5.39 Å². The van der Waals surface area contributed by atoms with Gasteiger partial charge in [-0.3, -0.25) is 14.9 Å². The number of anilines is 2. The molecule has 7 nitrogen and oxygen atoms in total. The van der Waals surface area contributed by atoms with Gasteiger partial charge in [-0.25, -0.2) is 9.37 Å². The van der Waals surface area contributed by atoms with Crippen molar-refractivity contribution in [3.05, 3.63) is 63.9 Å². The van der Waals surface area contributed by atoms with Gasteiger partial charge in [0, 0.05) is 16.8 Å². The number of benzene rings is 1. The van der Waals surface area contributed by atoms with Crippen LogP contribution in [0.25, 0.3) is 22.2 Å². The van der Waals surface area contributed by atoms with Crippen LogP contribution in [0.5, 0.6) is 5.88 Å². The van der Waals surface area contributed by atoms with Crippen molar-refractivity contribution >= 4 is 34.0 Å². The third-order valence-electron chi connectivity index (χ3n) is 4.05. The Labute approximate surface area is 157 Å². The molecule has 0 aliphatic heterocycles. The normalized spacial score (nSPS) is 10.9. The highest BCUT2D eigenvalue weighted by Gasteiger charge is 2.16. The number of aromatic amines is 2. The zero-order chi connectivity index (χ0) is 19.0. The average Bonchev–Trinajstić information content (AvgIpc) is 3.15. The lowest BCUT2D eigenvalue weighted by Crippen LogP contribution is -2.12. The molecule has 3 N–H and O–H groups in total. The van der Waals surface area contributed by atoms with E-state index in [0.29, 0.717) is 22.0 Å². The Morgan fingerprint density at radius 3 is 2.85 bits per heavy atom. The summed E-state index contributed by atoms with van der Waals surface area (Å²) in [6.45, 7) is 0. The number of nitrogens with one attached hydrogen (secondary N) is 3. The van der Waals surface area contributed by atoms with Gasteiger partial charge in [0.15, 0.2) is 5.65 Å². The van der Waals surface area contributed by atoms with Crippen LogP contribution < -0.4 is 15.6 Å². The Bertz CT molecular complexity index is 1200. The standard InChI is InChI=1S/C18H13ClFN5O2/c1-27-18-15(23-14-4-5-21-16-12(14)8-22-25-16)7-11(17(26)24-18)10-6-9(19)2-3-13(10)20/h2-8H,1H3,(H,24,26)(H2,21,22,23,25). The summed E-state index contributed by atoms with van der Waals surface area (Å²) < 4.78 is 19.5. The summed E-state index contributed by atoms with van der Waals surface area (Å²) in [4.78, 5) is 19.2. The molecule has 27 heavy (non-hydrogen) atoms. The summed E-state index contributed by atoms with van der Waals surface area (Å²) in [5, 5.41) is 11.0. The molecule has 3 aromatic heterocycles. The molecule has 0 aliphatic rings. The van der Waals surface area contributed by atoms with Crippen LogP contribution in [0.4, 0.5) is 15.8 Å². The van der Waals surface area contributed by atoms with Crippen molar-refractivity contribution in [1.29, 1.82) is 0 Å². The molecule has 4 aromatic rings. The first kappa shape index (κ1) is 17.0. The molecule has 0 aliphatic carbocycles. The van der Waals surface area contributed by atoms with E-state index in [4.69, 9.17) is 16.3 Å². The Morgan fingerprint density at radius 2 is 2.04 bits per heavy atom. The number of fused-ring (bicyclic) bond motifs is 1. The van der Waals surface area contributed by atoms with E-state index in [-0.39, 0.29) is 17.0 Å². The highest BCUT2D eigenvalue weighted by Crippen LogP contribution is 2.32. The minimum absolute atomic E-state index is 0.0950. The van der Waals surface area contributed by atoms with E-state index >= 15 is 0 Å². The van der Waals surface area contributed by atoms with Gasteiger partial charge in [0.25, 0.3) is 5.56 Å². The van der Waals surface area contributed by atoms with Crippen LogP contribution in [0, 0.1) is 5.82 Å². The number of aromatic nitrogens is 4. The number of halogens is 2. The van der Waals surface area contributed by atoms with E-state index in [9.17, 15) is 9.18 Å². The Kier molecular flexibility index (Phi) is 4.25. The molecule has 0 radical (unpaired) electrons. The number of nitrogens with zero attached hydrogens (tertiary/aromatic N) is 2. The molecule has 4 rings (SSSR count). The van der Waals surface area contributed by atoms with Crippen LogP contribution in [0.15, 0.2) is 47.5 Å². The monoisotopic (exact) mass is 385 g/mol. The first-order valence-electron chi connectivity index (χ1n) is 7.88. The van der Waals surface area contributed by atoms with Gasteiger partial charge in [0.1, 0.15) is 11.5 Å². The molecule has 0 bridgehead atoms. The highest BCUT2D eigenvalue weighted by atomic mass is 35.5. The van der Waals surface area contributed by atoms with Gasteiger partial charge in [-0.05, 0) is 30.3 Å². The first-order chi connectivity index (χ1) is 13.1. The molecule has 0 unspecified atom stereocenters. The topological polar surface area (TPSA) is 95.7 Å². The van der Waals surface area contributed by atoms with Crippen LogP contribution in [-0.4, -0.2) is 27.3 Å². The lowest BCUT2D eigenvalue weighted by atomic mass is 10.1. The Hall–Kier alpha value is -3.39. The number of hydrogen-bond acceptors (Lipinski definition) is 5. The zero-order valence-electron chi connectivity index (χ0n) is 14.0. The van der Waals surface area contributed by atoms with E-state index in [1.165, 1.54) is 31.4 Å². The van der Waals surface area contributed by atoms with Crippen LogP contribution in [-0.2, 0) is 0 Å². The molecular formula is C18H13ClFN5O2. The third-order valence-corrected chi connectivity index (χ3v) is 4.29. The second kappa shape index (κ2) is 6.73. The van der Waals surface area contributed by atoms with Crippen molar-refractivity contribution < 1.29 is 9.13 Å². The Balaban J connectivity index is 1.86. The molecule has 9 heteroatoms. The van der Waals surface area contributed by atoms with E-state index in [2.05, 4.69) is 25.5 Å². The number of methoxy groups -OCH3 is 1. The van der Waals surface area contributed by atoms with E-state index < -0.39 is 11.4 Å². The largest absolute Gasteiger partial charge is 0.481 e. The van der Waals surface area contributed by atoms with Crippen LogP contribution in [0.3, 0.4) is 0 Å². The van der Waals surface area contributed by atoms with Crippen molar-refractivity contribution in [2.75, 3.05) is 12.4 Å².